The predicted octanol–water partition coefficient (Wildman–Crippen LogP) is 3.39. The summed E-state index contributed by atoms with van der Waals surface area (Å²) in [5, 5.41) is 2.89. The van der Waals surface area contributed by atoms with Crippen molar-refractivity contribution in [3.8, 4) is 22.8 Å². The monoisotopic (exact) mass is 461 g/mol. The molecule has 3 heterocycles. The number of pyridine rings is 1. The maximum atomic E-state index is 14.3. The molecule has 0 aliphatic carbocycles. The Kier molecular flexibility index (Phi) is 5.72. The van der Waals surface area contributed by atoms with Crippen molar-refractivity contribution in [1.82, 2.24) is 14.3 Å². The van der Waals surface area contributed by atoms with Crippen LogP contribution in [-0.2, 0) is 16.6 Å². The highest BCUT2D eigenvalue weighted by atomic mass is 35.5. The predicted molar refractivity (Wildman–Crippen MR) is 103 cm³/mol. The molecule has 1 aromatic carbocycles. The number of rotatable bonds is 5. The number of ether oxygens (including phenoxy) is 2. The molecule has 0 radical (unpaired) electrons. The minimum absolute atomic E-state index is 0. The van der Waals surface area contributed by atoms with E-state index in [9.17, 15) is 21.6 Å². The molecule has 7 nitrogen and oxygen atoms in total. The second kappa shape index (κ2) is 7.82. The van der Waals surface area contributed by atoms with E-state index in [4.69, 9.17) is 0 Å². The van der Waals surface area contributed by atoms with Gasteiger partial charge in [-0.15, -0.1) is 21.2 Å². The number of nitrogens with zero attached hydrogens (tertiary/aromatic N) is 2. The van der Waals surface area contributed by atoms with Gasteiger partial charge < -0.3 is 14.8 Å². The van der Waals surface area contributed by atoms with E-state index in [0.717, 1.165) is 22.2 Å². The Bertz CT molecular complexity index is 1200. The molecule has 1 aliphatic rings. The van der Waals surface area contributed by atoms with Gasteiger partial charge in [-0.2, -0.15) is 4.39 Å². The number of aromatic nitrogens is 2. The van der Waals surface area contributed by atoms with Gasteiger partial charge in [-0.05, 0) is 42.9 Å². The summed E-state index contributed by atoms with van der Waals surface area (Å²) in [5.41, 5.74) is 0.594. The molecular weight excluding hydrogens is 447 g/mol. The number of halogens is 4. The van der Waals surface area contributed by atoms with Crippen molar-refractivity contribution in [2.45, 2.75) is 17.7 Å². The Morgan fingerprint density at radius 2 is 1.90 bits per heavy atom. The molecule has 1 N–H and O–H groups in total. The maximum Gasteiger partial charge on any atom is 0.586 e. The third-order valence-electron chi connectivity index (χ3n) is 4.19. The summed E-state index contributed by atoms with van der Waals surface area (Å²) in [5.74, 6) is -1.54. The number of fused-ring (bicyclic) bond motifs is 1. The minimum Gasteiger partial charge on any atom is -0.395 e. The summed E-state index contributed by atoms with van der Waals surface area (Å²) >= 11 is 0. The van der Waals surface area contributed by atoms with Crippen LogP contribution >= 0.6 is 12.4 Å². The van der Waals surface area contributed by atoms with Crippen LogP contribution < -0.4 is 14.8 Å². The Labute approximate surface area is 175 Å². The molecule has 0 bridgehead atoms. The van der Waals surface area contributed by atoms with E-state index in [2.05, 4.69) is 19.8 Å². The Morgan fingerprint density at radius 1 is 1.17 bits per heavy atom. The SMILES string of the molecule is CNCc1cc(-c2cccnc2F)n(S(=O)(=O)c2ccc3c(c2)OC(F)(F)O3)c1.Cl. The lowest BCUT2D eigenvalue weighted by Crippen LogP contribution is -2.25. The summed E-state index contributed by atoms with van der Waals surface area (Å²) < 4.78 is 76.7. The van der Waals surface area contributed by atoms with Crippen LogP contribution in [0.4, 0.5) is 13.2 Å². The van der Waals surface area contributed by atoms with E-state index in [1.54, 1.807) is 7.05 Å². The van der Waals surface area contributed by atoms with Gasteiger partial charge in [-0.3, -0.25) is 0 Å². The Hall–Kier alpha value is -2.76. The van der Waals surface area contributed by atoms with Gasteiger partial charge in [0.2, 0.25) is 5.95 Å². The van der Waals surface area contributed by atoms with Crippen molar-refractivity contribution in [2.75, 3.05) is 7.05 Å². The van der Waals surface area contributed by atoms with Crippen LogP contribution in [0.25, 0.3) is 11.3 Å². The average molecular weight is 462 g/mol. The van der Waals surface area contributed by atoms with Crippen LogP contribution in [0.1, 0.15) is 5.56 Å². The molecular formula is C18H15ClF3N3O4S. The van der Waals surface area contributed by atoms with Crippen LogP contribution in [0.3, 0.4) is 0 Å². The number of alkyl halides is 2. The molecule has 1 aliphatic heterocycles. The summed E-state index contributed by atoms with van der Waals surface area (Å²) in [7, 11) is -2.60. The van der Waals surface area contributed by atoms with Gasteiger partial charge in [-0.1, -0.05) is 0 Å². The summed E-state index contributed by atoms with van der Waals surface area (Å²) in [6.07, 6.45) is -1.30. The van der Waals surface area contributed by atoms with Crippen LogP contribution in [0.2, 0.25) is 0 Å². The normalized spacial score (nSPS) is 14.4. The molecule has 3 aromatic rings. The molecule has 2 aromatic heterocycles. The van der Waals surface area contributed by atoms with Gasteiger partial charge in [0.1, 0.15) is 0 Å². The molecule has 160 valence electrons. The Balaban J connectivity index is 0.00000256. The second-order valence-corrected chi connectivity index (χ2v) is 8.00. The van der Waals surface area contributed by atoms with Crippen LogP contribution in [0.15, 0.2) is 53.7 Å². The lowest BCUT2D eigenvalue weighted by Gasteiger charge is -2.11. The molecule has 0 spiro atoms. The summed E-state index contributed by atoms with van der Waals surface area (Å²) in [4.78, 5) is 3.24. The van der Waals surface area contributed by atoms with Crippen molar-refractivity contribution in [2.24, 2.45) is 0 Å². The standard InChI is InChI=1S/C18H14F3N3O4S.ClH/c1-22-9-11-7-14(13-3-2-6-23-17(13)19)24(10-11)29(25,26)12-4-5-15-16(8-12)28-18(20,21)27-15;/h2-8,10,22H,9H2,1H3;1H. The molecule has 12 heteroatoms. The number of hydrogen-bond donors (Lipinski definition) is 1. The van der Waals surface area contributed by atoms with E-state index in [1.807, 2.05) is 0 Å². The first-order valence-corrected chi connectivity index (χ1v) is 9.77. The van der Waals surface area contributed by atoms with Crippen molar-refractivity contribution >= 4 is 22.4 Å². The lowest BCUT2D eigenvalue weighted by molar-refractivity contribution is -0.286. The van der Waals surface area contributed by atoms with Gasteiger partial charge in [0, 0.05) is 25.0 Å². The van der Waals surface area contributed by atoms with Crippen molar-refractivity contribution in [3.05, 3.63) is 60.3 Å². The molecule has 30 heavy (non-hydrogen) atoms. The van der Waals surface area contributed by atoms with E-state index in [0.29, 0.717) is 12.1 Å². The quantitative estimate of drug-likeness (QED) is 0.586. The average Bonchev–Trinajstić information content (AvgIpc) is 3.21. The number of nitrogens with one attached hydrogen (secondary N) is 1. The van der Waals surface area contributed by atoms with Crippen molar-refractivity contribution in [1.29, 1.82) is 0 Å². The summed E-state index contributed by atoms with van der Waals surface area (Å²) in [6, 6.07) is 7.50. The number of hydrogen-bond acceptors (Lipinski definition) is 6. The molecule has 0 atom stereocenters. The Morgan fingerprint density at radius 3 is 2.60 bits per heavy atom. The highest BCUT2D eigenvalue weighted by molar-refractivity contribution is 7.90. The zero-order valence-corrected chi connectivity index (χ0v) is 16.9. The fourth-order valence-corrected chi connectivity index (χ4v) is 4.38. The largest absolute Gasteiger partial charge is 0.586 e. The van der Waals surface area contributed by atoms with Gasteiger partial charge in [0.15, 0.2) is 11.5 Å². The third-order valence-corrected chi connectivity index (χ3v) is 5.86. The number of benzene rings is 1. The highest BCUT2D eigenvalue weighted by Gasteiger charge is 2.44. The molecule has 0 fully saturated rings. The fourth-order valence-electron chi connectivity index (χ4n) is 2.97. The van der Waals surface area contributed by atoms with Crippen LogP contribution in [0.5, 0.6) is 11.5 Å². The highest BCUT2D eigenvalue weighted by Crippen LogP contribution is 2.42. The van der Waals surface area contributed by atoms with Gasteiger partial charge in [0.25, 0.3) is 10.0 Å². The fraction of sp³-hybridized carbons (Fsp3) is 0.167. The van der Waals surface area contributed by atoms with Crippen molar-refractivity contribution in [3.63, 3.8) is 0 Å². The topological polar surface area (TPSA) is 82.5 Å². The molecule has 0 unspecified atom stereocenters. The molecule has 0 saturated heterocycles. The van der Waals surface area contributed by atoms with E-state index < -0.39 is 28.0 Å². The van der Waals surface area contributed by atoms with Gasteiger partial charge in [0.05, 0.1) is 16.2 Å². The maximum absolute atomic E-state index is 14.3. The lowest BCUT2D eigenvalue weighted by atomic mass is 10.2. The van der Waals surface area contributed by atoms with Crippen LogP contribution in [-0.4, -0.2) is 30.7 Å². The zero-order chi connectivity index (χ0) is 20.8. The van der Waals surface area contributed by atoms with E-state index in [-0.39, 0.29) is 34.3 Å². The smallest absolute Gasteiger partial charge is 0.395 e. The molecule has 0 amide bonds. The first kappa shape index (κ1) is 21.9. The summed E-state index contributed by atoms with van der Waals surface area (Å²) in [6.45, 7) is 0.324. The second-order valence-electron chi connectivity index (χ2n) is 6.18. The molecule has 4 rings (SSSR count). The van der Waals surface area contributed by atoms with Crippen LogP contribution in [0, 0.1) is 5.95 Å². The molecule has 0 saturated carbocycles. The zero-order valence-electron chi connectivity index (χ0n) is 15.3. The van der Waals surface area contributed by atoms with Gasteiger partial charge >= 0.3 is 6.29 Å². The van der Waals surface area contributed by atoms with E-state index in [1.165, 1.54) is 30.6 Å². The third kappa shape index (κ3) is 3.83. The first-order chi connectivity index (χ1) is 13.7. The minimum atomic E-state index is -4.28. The van der Waals surface area contributed by atoms with Crippen molar-refractivity contribution < 1.29 is 31.1 Å². The van der Waals surface area contributed by atoms with Gasteiger partial charge in [-0.25, -0.2) is 17.4 Å². The first-order valence-electron chi connectivity index (χ1n) is 8.33. The van der Waals surface area contributed by atoms with E-state index >= 15 is 0 Å².